The fourth-order valence-electron chi connectivity index (χ4n) is 1.43. The van der Waals surface area contributed by atoms with E-state index >= 15 is 0 Å². The van der Waals surface area contributed by atoms with E-state index in [0.29, 0.717) is 0 Å². The Morgan fingerprint density at radius 3 is 2.75 bits per heavy atom. The van der Waals surface area contributed by atoms with Gasteiger partial charge in [-0.3, -0.25) is 9.59 Å². The van der Waals surface area contributed by atoms with Crippen molar-refractivity contribution in [3.8, 4) is 0 Å². The number of carboxylic acids is 1. The highest BCUT2D eigenvalue weighted by molar-refractivity contribution is 5.81. The normalized spacial score (nSPS) is 14.8. The number of aliphatic carboxylic acids is 1. The van der Waals surface area contributed by atoms with Crippen molar-refractivity contribution in [2.45, 2.75) is 25.4 Å². The highest BCUT2D eigenvalue weighted by atomic mass is 16.4. The first-order valence-corrected chi connectivity index (χ1v) is 4.89. The number of hydrogen-bond acceptors (Lipinski definition) is 5. The Morgan fingerprint density at radius 1 is 1.50 bits per heavy atom. The summed E-state index contributed by atoms with van der Waals surface area (Å²) >= 11 is 0. The Morgan fingerprint density at radius 2 is 2.25 bits per heavy atom. The standard InChI is InChI=1S/C8H11N5O3/c14-7(3-12-5-9-10-11-12)13(4-8(15)16)6-1-2-6/h5-6H,1-4H2,(H,15,16). The van der Waals surface area contributed by atoms with Crippen molar-refractivity contribution in [2.75, 3.05) is 6.54 Å². The lowest BCUT2D eigenvalue weighted by molar-refractivity contribution is -0.145. The summed E-state index contributed by atoms with van der Waals surface area (Å²) < 4.78 is 1.28. The maximum absolute atomic E-state index is 11.8. The first-order valence-electron chi connectivity index (χ1n) is 4.89. The molecule has 0 aliphatic heterocycles. The molecule has 0 radical (unpaired) electrons. The van der Waals surface area contributed by atoms with Gasteiger partial charge in [0.1, 0.15) is 19.4 Å². The van der Waals surface area contributed by atoms with Crippen molar-refractivity contribution < 1.29 is 14.7 Å². The summed E-state index contributed by atoms with van der Waals surface area (Å²) in [5.74, 6) is -1.27. The van der Waals surface area contributed by atoms with Gasteiger partial charge in [0.05, 0.1) is 0 Å². The number of carbonyl (C=O) groups excluding carboxylic acids is 1. The molecule has 1 fully saturated rings. The van der Waals surface area contributed by atoms with Gasteiger partial charge in [-0.2, -0.15) is 0 Å². The minimum Gasteiger partial charge on any atom is -0.480 e. The molecule has 8 heteroatoms. The van der Waals surface area contributed by atoms with E-state index in [-0.39, 0.29) is 25.0 Å². The average molecular weight is 225 g/mol. The second-order valence-electron chi connectivity index (χ2n) is 3.65. The van der Waals surface area contributed by atoms with Crippen LogP contribution in [-0.4, -0.2) is 54.7 Å². The fraction of sp³-hybridized carbons (Fsp3) is 0.625. The Bertz CT molecular complexity index is 386. The van der Waals surface area contributed by atoms with Crippen molar-refractivity contribution in [3.63, 3.8) is 0 Å². The van der Waals surface area contributed by atoms with Crippen LogP contribution in [0.5, 0.6) is 0 Å². The van der Waals surface area contributed by atoms with E-state index < -0.39 is 5.97 Å². The number of amides is 1. The minimum atomic E-state index is -1.00. The second kappa shape index (κ2) is 4.25. The van der Waals surface area contributed by atoms with Crippen LogP contribution in [-0.2, 0) is 16.1 Å². The zero-order valence-electron chi connectivity index (χ0n) is 8.48. The molecule has 0 bridgehead atoms. The lowest BCUT2D eigenvalue weighted by Crippen LogP contribution is -2.39. The third-order valence-corrected chi connectivity index (χ3v) is 2.30. The topological polar surface area (TPSA) is 101 Å². The molecule has 1 heterocycles. The number of tetrazole rings is 1. The zero-order chi connectivity index (χ0) is 11.5. The van der Waals surface area contributed by atoms with Gasteiger partial charge >= 0.3 is 5.97 Å². The highest BCUT2D eigenvalue weighted by Gasteiger charge is 2.33. The van der Waals surface area contributed by atoms with Gasteiger partial charge in [0.25, 0.3) is 0 Å². The molecule has 1 N–H and O–H groups in total. The van der Waals surface area contributed by atoms with Crippen LogP contribution < -0.4 is 0 Å². The molecule has 86 valence electrons. The number of hydrogen-bond donors (Lipinski definition) is 1. The molecule has 1 amide bonds. The summed E-state index contributed by atoms with van der Waals surface area (Å²) in [6.45, 7) is -0.275. The summed E-state index contributed by atoms with van der Waals surface area (Å²) in [6, 6.07) is 0.0695. The van der Waals surface area contributed by atoms with Crippen LogP contribution in [0.1, 0.15) is 12.8 Å². The Hall–Kier alpha value is -1.99. The molecule has 1 aliphatic rings. The van der Waals surface area contributed by atoms with Crippen molar-refractivity contribution in [2.24, 2.45) is 0 Å². The first-order chi connectivity index (χ1) is 7.66. The molecular formula is C8H11N5O3. The molecule has 2 rings (SSSR count). The van der Waals surface area contributed by atoms with Gasteiger partial charge in [0.2, 0.25) is 5.91 Å². The zero-order valence-corrected chi connectivity index (χ0v) is 8.48. The van der Waals surface area contributed by atoms with Gasteiger partial charge in [-0.1, -0.05) is 0 Å². The molecule has 0 atom stereocenters. The van der Waals surface area contributed by atoms with Crippen LogP contribution in [0, 0.1) is 0 Å². The summed E-state index contributed by atoms with van der Waals surface area (Å²) in [4.78, 5) is 23.7. The van der Waals surface area contributed by atoms with Gasteiger partial charge < -0.3 is 10.0 Å². The van der Waals surface area contributed by atoms with Gasteiger partial charge in [0, 0.05) is 6.04 Å². The Balaban J connectivity index is 1.97. The van der Waals surface area contributed by atoms with Crippen LogP contribution in [0.4, 0.5) is 0 Å². The third-order valence-electron chi connectivity index (χ3n) is 2.30. The molecule has 1 saturated carbocycles. The van der Waals surface area contributed by atoms with Crippen molar-refractivity contribution in [1.29, 1.82) is 0 Å². The lowest BCUT2D eigenvalue weighted by atomic mass is 10.4. The molecular weight excluding hydrogens is 214 g/mol. The van der Waals surface area contributed by atoms with E-state index in [2.05, 4.69) is 15.5 Å². The molecule has 0 saturated heterocycles. The van der Waals surface area contributed by atoms with Crippen molar-refractivity contribution >= 4 is 11.9 Å². The van der Waals surface area contributed by atoms with Gasteiger partial charge in [-0.05, 0) is 23.3 Å². The van der Waals surface area contributed by atoms with E-state index in [1.807, 2.05) is 0 Å². The quantitative estimate of drug-likeness (QED) is 0.671. The monoisotopic (exact) mass is 225 g/mol. The maximum Gasteiger partial charge on any atom is 0.323 e. The van der Waals surface area contributed by atoms with Crippen molar-refractivity contribution in [1.82, 2.24) is 25.1 Å². The second-order valence-corrected chi connectivity index (χ2v) is 3.65. The third kappa shape index (κ3) is 2.53. The molecule has 16 heavy (non-hydrogen) atoms. The molecule has 1 aliphatic carbocycles. The van der Waals surface area contributed by atoms with Crippen molar-refractivity contribution in [3.05, 3.63) is 6.33 Å². The smallest absolute Gasteiger partial charge is 0.323 e. The molecule has 8 nitrogen and oxygen atoms in total. The number of carboxylic acid groups (broad SMARTS) is 1. The van der Waals surface area contributed by atoms with E-state index in [1.54, 1.807) is 0 Å². The average Bonchev–Trinajstić information content (AvgIpc) is 2.94. The van der Waals surface area contributed by atoms with Crippen LogP contribution in [0.3, 0.4) is 0 Å². The summed E-state index contributed by atoms with van der Waals surface area (Å²) in [7, 11) is 0. The lowest BCUT2D eigenvalue weighted by Gasteiger charge is -2.19. The largest absolute Gasteiger partial charge is 0.480 e. The maximum atomic E-state index is 11.8. The Labute approximate surface area is 90.8 Å². The molecule has 1 aromatic rings. The molecule has 0 aromatic carbocycles. The van der Waals surface area contributed by atoms with Gasteiger partial charge in [-0.15, -0.1) is 5.10 Å². The SMILES string of the molecule is O=C(O)CN(C(=O)Cn1cnnn1)C1CC1. The number of aromatic nitrogens is 4. The highest BCUT2D eigenvalue weighted by Crippen LogP contribution is 2.26. The Kier molecular flexibility index (Phi) is 2.80. The van der Waals surface area contributed by atoms with Gasteiger partial charge in [0.15, 0.2) is 0 Å². The van der Waals surface area contributed by atoms with E-state index in [1.165, 1.54) is 15.9 Å². The van der Waals surface area contributed by atoms with Crippen LogP contribution in [0.25, 0.3) is 0 Å². The fourth-order valence-corrected chi connectivity index (χ4v) is 1.43. The number of nitrogens with zero attached hydrogens (tertiary/aromatic N) is 5. The summed E-state index contributed by atoms with van der Waals surface area (Å²) in [5.41, 5.74) is 0. The van der Waals surface area contributed by atoms with Gasteiger partial charge in [-0.25, -0.2) is 4.68 Å². The van der Waals surface area contributed by atoms with E-state index in [0.717, 1.165) is 12.8 Å². The van der Waals surface area contributed by atoms with Crippen LogP contribution in [0.15, 0.2) is 6.33 Å². The number of carbonyl (C=O) groups is 2. The first kappa shape index (κ1) is 10.5. The van der Waals surface area contributed by atoms with E-state index in [4.69, 9.17) is 5.11 Å². The van der Waals surface area contributed by atoms with Crippen LogP contribution >= 0.6 is 0 Å². The number of rotatable bonds is 5. The molecule has 0 spiro atoms. The predicted octanol–water partition coefficient (Wildman–Crippen LogP) is -1.25. The van der Waals surface area contributed by atoms with Crippen LogP contribution in [0.2, 0.25) is 0 Å². The predicted molar refractivity (Wildman–Crippen MR) is 50.2 cm³/mol. The van der Waals surface area contributed by atoms with E-state index in [9.17, 15) is 9.59 Å². The molecule has 0 unspecified atom stereocenters. The summed E-state index contributed by atoms with van der Waals surface area (Å²) in [5, 5.41) is 19.1. The minimum absolute atomic E-state index is 0.0171. The molecule has 1 aromatic heterocycles. The summed E-state index contributed by atoms with van der Waals surface area (Å²) in [6.07, 6.45) is 3.06.